The average molecular weight is 316 g/mol. The van der Waals surface area contributed by atoms with E-state index in [0.717, 1.165) is 24.4 Å². The Morgan fingerprint density at radius 3 is 2.96 bits per heavy atom. The maximum Gasteiger partial charge on any atom is 0.315 e. The van der Waals surface area contributed by atoms with Crippen LogP contribution in [0.5, 0.6) is 0 Å². The van der Waals surface area contributed by atoms with E-state index in [-0.39, 0.29) is 18.0 Å². The number of hydrogen-bond acceptors (Lipinski definition) is 3. The first kappa shape index (κ1) is 15.8. The fourth-order valence-electron chi connectivity index (χ4n) is 3.12. The lowest BCUT2D eigenvalue weighted by atomic mass is 10.0. The zero-order valence-electron chi connectivity index (χ0n) is 13.5. The van der Waals surface area contributed by atoms with Crippen LogP contribution in [0.1, 0.15) is 39.0 Å². The predicted molar refractivity (Wildman–Crippen MR) is 88.1 cm³/mol. The zero-order chi connectivity index (χ0) is 16.2. The summed E-state index contributed by atoms with van der Waals surface area (Å²) < 4.78 is 0. The van der Waals surface area contributed by atoms with Crippen LogP contribution >= 0.6 is 0 Å². The molecule has 2 aliphatic rings. The Kier molecular flexibility index (Phi) is 4.79. The fourth-order valence-corrected chi connectivity index (χ4v) is 3.12. The number of hydrogen-bond donors (Lipinski definition) is 2. The second-order valence-corrected chi connectivity index (χ2v) is 6.59. The zero-order valence-corrected chi connectivity index (χ0v) is 13.5. The van der Waals surface area contributed by atoms with E-state index in [2.05, 4.69) is 15.6 Å². The van der Waals surface area contributed by atoms with Gasteiger partial charge < -0.3 is 15.5 Å². The minimum atomic E-state index is -0.461. The number of amides is 3. The maximum atomic E-state index is 12.6. The van der Waals surface area contributed by atoms with Crippen molar-refractivity contribution in [1.82, 2.24) is 15.6 Å². The van der Waals surface area contributed by atoms with Crippen molar-refractivity contribution in [3.05, 3.63) is 24.5 Å². The molecule has 6 heteroatoms. The molecule has 2 N–H and O–H groups in total. The number of nitrogens with one attached hydrogen (secondary N) is 2. The maximum absolute atomic E-state index is 12.6. The molecule has 1 aromatic heterocycles. The van der Waals surface area contributed by atoms with Crippen molar-refractivity contribution in [3.8, 4) is 0 Å². The lowest BCUT2D eigenvalue weighted by Crippen LogP contribution is -2.55. The van der Waals surface area contributed by atoms with Crippen molar-refractivity contribution < 1.29 is 9.59 Å². The number of anilines is 1. The van der Waals surface area contributed by atoms with Crippen LogP contribution in [0.3, 0.4) is 0 Å². The Bertz CT molecular complexity index is 559. The molecule has 0 radical (unpaired) electrons. The van der Waals surface area contributed by atoms with Crippen molar-refractivity contribution in [2.45, 2.75) is 51.1 Å². The Labute approximate surface area is 136 Å². The van der Waals surface area contributed by atoms with Crippen molar-refractivity contribution >= 4 is 17.6 Å². The van der Waals surface area contributed by atoms with Crippen LogP contribution in [-0.4, -0.2) is 35.6 Å². The van der Waals surface area contributed by atoms with Gasteiger partial charge in [0.15, 0.2) is 0 Å². The summed E-state index contributed by atoms with van der Waals surface area (Å²) in [6.07, 6.45) is 8.47. The molecular weight excluding hydrogens is 292 g/mol. The molecule has 0 unspecified atom stereocenters. The van der Waals surface area contributed by atoms with Crippen molar-refractivity contribution in [3.63, 3.8) is 0 Å². The van der Waals surface area contributed by atoms with E-state index >= 15 is 0 Å². The van der Waals surface area contributed by atoms with Gasteiger partial charge in [-0.1, -0.05) is 12.8 Å². The van der Waals surface area contributed by atoms with Crippen LogP contribution in [0.2, 0.25) is 0 Å². The molecular formula is C17H24N4O2. The first-order valence-electron chi connectivity index (χ1n) is 8.42. The number of nitrogens with zero attached hydrogens (tertiary/aromatic N) is 2. The molecule has 3 rings (SSSR count). The minimum Gasteiger partial charge on any atom is -0.336 e. The standard InChI is InChI=1S/C17H24N4O2/c1-12(10-13-6-7-13)19-17(23)20-15-5-3-9-21(16(15)22)14-4-2-8-18-11-14/h2,4,8,11-13,15H,3,5-7,9-10H2,1H3,(H2,19,20,23)/t12-,15-/m0/s1. The fraction of sp³-hybridized carbons (Fsp3) is 0.588. The molecule has 0 aromatic carbocycles. The van der Waals surface area contributed by atoms with E-state index in [1.807, 2.05) is 19.1 Å². The van der Waals surface area contributed by atoms with Gasteiger partial charge in [0.05, 0.1) is 11.9 Å². The Morgan fingerprint density at radius 1 is 1.43 bits per heavy atom. The highest BCUT2D eigenvalue weighted by atomic mass is 16.2. The monoisotopic (exact) mass is 316 g/mol. The molecule has 3 amide bonds. The Hall–Kier alpha value is -2.11. The number of aromatic nitrogens is 1. The van der Waals surface area contributed by atoms with E-state index in [4.69, 9.17) is 0 Å². The molecule has 23 heavy (non-hydrogen) atoms. The first-order valence-corrected chi connectivity index (χ1v) is 8.42. The predicted octanol–water partition coefficient (Wildman–Crippen LogP) is 2.06. The molecule has 2 heterocycles. The van der Waals surface area contributed by atoms with Gasteiger partial charge in [-0.3, -0.25) is 9.78 Å². The van der Waals surface area contributed by atoms with Gasteiger partial charge in [0.25, 0.3) is 0 Å². The van der Waals surface area contributed by atoms with Gasteiger partial charge >= 0.3 is 6.03 Å². The number of carbonyl (C=O) groups excluding carboxylic acids is 2. The Morgan fingerprint density at radius 2 is 2.26 bits per heavy atom. The molecule has 2 fully saturated rings. The summed E-state index contributed by atoms with van der Waals surface area (Å²) in [5.41, 5.74) is 0.784. The normalized spacial score (nSPS) is 22.6. The number of pyridine rings is 1. The largest absolute Gasteiger partial charge is 0.336 e. The summed E-state index contributed by atoms with van der Waals surface area (Å²) in [7, 11) is 0. The lowest BCUT2D eigenvalue weighted by molar-refractivity contribution is -0.121. The number of piperidine rings is 1. The highest BCUT2D eigenvalue weighted by molar-refractivity contribution is 5.99. The summed E-state index contributed by atoms with van der Waals surface area (Å²) >= 11 is 0. The van der Waals surface area contributed by atoms with Crippen LogP contribution in [0.15, 0.2) is 24.5 Å². The topological polar surface area (TPSA) is 74.3 Å². The van der Waals surface area contributed by atoms with Crippen LogP contribution < -0.4 is 15.5 Å². The van der Waals surface area contributed by atoms with E-state index < -0.39 is 6.04 Å². The lowest BCUT2D eigenvalue weighted by Gasteiger charge is -2.32. The summed E-state index contributed by atoms with van der Waals surface area (Å²) in [5, 5.41) is 5.77. The van der Waals surface area contributed by atoms with Gasteiger partial charge in [-0.05, 0) is 44.2 Å². The van der Waals surface area contributed by atoms with Crippen molar-refractivity contribution in [2.75, 3.05) is 11.4 Å². The van der Waals surface area contributed by atoms with Gasteiger partial charge in [-0.2, -0.15) is 0 Å². The molecule has 1 aliphatic heterocycles. The van der Waals surface area contributed by atoms with Crippen molar-refractivity contribution in [2.24, 2.45) is 5.92 Å². The van der Waals surface area contributed by atoms with E-state index in [1.54, 1.807) is 17.3 Å². The summed E-state index contributed by atoms with van der Waals surface area (Å²) in [4.78, 5) is 30.5. The number of urea groups is 1. The van der Waals surface area contributed by atoms with Crippen LogP contribution in [0.4, 0.5) is 10.5 Å². The van der Waals surface area contributed by atoms with Gasteiger partial charge in [-0.25, -0.2) is 4.79 Å². The van der Waals surface area contributed by atoms with Gasteiger partial charge in [0, 0.05) is 18.8 Å². The molecule has 1 aromatic rings. The molecule has 1 saturated heterocycles. The highest BCUT2D eigenvalue weighted by Gasteiger charge is 2.31. The molecule has 1 aliphatic carbocycles. The van der Waals surface area contributed by atoms with Crippen LogP contribution in [0, 0.1) is 5.92 Å². The summed E-state index contributed by atoms with van der Waals surface area (Å²) in [6, 6.07) is 3.12. The molecule has 6 nitrogen and oxygen atoms in total. The second kappa shape index (κ2) is 6.98. The van der Waals surface area contributed by atoms with Gasteiger partial charge in [0.1, 0.15) is 6.04 Å². The van der Waals surface area contributed by atoms with Crippen LogP contribution in [0.25, 0.3) is 0 Å². The first-order chi connectivity index (χ1) is 11.1. The summed E-state index contributed by atoms with van der Waals surface area (Å²) in [5.74, 6) is 0.705. The quantitative estimate of drug-likeness (QED) is 0.873. The number of carbonyl (C=O) groups is 2. The molecule has 0 spiro atoms. The molecule has 2 atom stereocenters. The van der Waals surface area contributed by atoms with Crippen molar-refractivity contribution in [1.29, 1.82) is 0 Å². The van der Waals surface area contributed by atoms with Gasteiger partial charge in [0.2, 0.25) is 5.91 Å². The molecule has 1 saturated carbocycles. The average Bonchev–Trinajstić information content (AvgIpc) is 3.34. The second-order valence-electron chi connectivity index (χ2n) is 6.59. The van der Waals surface area contributed by atoms with Gasteiger partial charge in [-0.15, -0.1) is 0 Å². The third-order valence-electron chi connectivity index (χ3n) is 4.46. The smallest absolute Gasteiger partial charge is 0.315 e. The SMILES string of the molecule is C[C@@H](CC1CC1)NC(=O)N[C@H]1CCCN(c2cccnc2)C1=O. The third kappa shape index (κ3) is 4.21. The Balaban J connectivity index is 1.54. The summed E-state index contributed by atoms with van der Waals surface area (Å²) in [6.45, 7) is 2.69. The third-order valence-corrected chi connectivity index (χ3v) is 4.46. The van der Waals surface area contributed by atoms with Crippen LogP contribution in [-0.2, 0) is 4.79 Å². The minimum absolute atomic E-state index is 0.0609. The molecule has 124 valence electrons. The van der Waals surface area contributed by atoms with E-state index in [0.29, 0.717) is 13.0 Å². The molecule has 0 bridgehead atoms. The van der Waals surface area contributed by atoms with E-state index in [1.165, 1.54) is 12.8 Å². The highest BCUT2D eigenvalue weighted by Crippen LogP contribution is 2.33. The number of rotatable bonds is 5. The van der Waals surface area contributed by atoms with E-state index in [9.17, 15) is 9.59 Å².